The number of carbonyl (C=O) groups excluding carboxylic acids is 1. The van der Waals surface area contributed by atoms with Crippen molar-refractivity contribution in [1.29, 1.82) is 0 Å². The molecule has 0 radical (unpaired) electrons. The third-order valence-corrected chi connectivity index (χ3v) is 3.07. The van der Waals surface area contributed by atoms with Gasteiger partial charge in [0.2, 0.25) is 0 Å². The normalized spacial score (nSPS) is 10.6. The Balaban J connectivity index is 2.11. The lowest BCUT2D eigenvalue weighted by molar-refractivity contribution is 0.0463. The summed E-state index contributed by atoms with van der Waals surface area (Å²) >= 11 is 0. The molecule has 0 atom stereocenters. The van der Waals surface area contributed by atoms with Gasteiger partial charge in [-0.05, 0) is 32.0 Å². The number of rotatable bonds is 3. The lowest BCUT2D eigenvalue weighted by atomic mass is 10.1. The smallest absolute Gasteiger partial charge is 0.338 e. The van der Waals surface area contributed by atoms with Gasteiger partial charge in [0.25, 0.3) is 0 Å². The van der Waals surface area contributed by atoms with Crippen molar-refractivity contribution in [2.75, 3.05) is 5.73 Å². The summed E-state index contributed by atoms with van der Waals surface area (Å²) in [7, 11) is 1.76. The van der Waals surface area contributed by atoms with E-state index in [1.807, 2.05) is 13.0 Å². The molecule has 1 aromatic carbocycles. The van der Waals surface area contributed by atoms with Crippen LogP contribution in [0.25, 0.3) is 0 Å². The van der Waals surface area contributed by atoms with E-state index in [2.05, 4.69) is 5.10 Å². The number of benzene rings is 1. The molecule has 0 aliphatic heterocycles. The fraction of sp³-hybridized carbons (Fsp3) is 0.286. The van der Waals surface area contributed by atoms with Crippen LogP contribution in [0.3, 0.4) is 0 Å². The number of nitrogens with two attached hydrogens (primary N) is 1. The van der Waals surface area contributed by atoms with E-state index in [1.165, 1.54) is 6.07 Å². The third kappa shape index (κ3) is 2.79. The number of nitrogens with zero attached hydrogens (tertiary/aromatic N) is 2. The fourth-order valence-electron chi connectivity index (χ4n) is 1.84. The standard InChI is InChI=1S/C14H16FN3O2/c1-8-4-11(18(3)17-8)7-20-14(19)10-5-12(15)9(2)13(16)6-10/h4-6H,7,16H2,1-3H3. The van der Waals surface area contributed by atoms with Crippen LogP contribution < -0.4 is 5.73 Å². The van der Waals surface area contributed by atoms with Gasteiger partial charge in [-0.3, -0.25) is 4.68 Å². The molecule has 0 aliphatic carbocycles. The molecule has 2 rings (SSSR count). The van der Waals surface area contributed by atoms with Gasteiger partial charge in [0.1, 0.15) is 12.4 Å². The Morgan fingerprint density at radius 2 is 2.10 bits per heavy atom. The molecule has 0 saturated heterocycles. The van der Waals surface area contributed by atoms with Crippen LogP contribution in [0.5, 0.6) is 0 Å². The van der Waals surface area contributed by atoms with Crippen molar-refractivity contribution in [2.24, 2.45) is 7.05 Å². The minimum absolute atomic E-state index is 0.0750. The first kappa shape index (κ1) is 14.0. The number of ether oxygens (including phenoxy) is 1. The Morgan fingerprint density at radius 1 is 1.40 bits per heavy atom. The Morgan fingerprint density at radius 3 is 2.65 bits per heavy atom. The summed E-state index contributed by atoms with van der Waals surface area (Å²) < 4.78 is 20.3. The number of anilines is 1. The quantitative estimate of drug-likeness (QED) is 0.689. The van der Waals surface area contributed by atoms with E-state index in [-0.39, 0.29) is 17.9 Å². The minimum atomic E-state index is -0.616. The van der Waals surface area contributed by atoms with Crippen LogP contribution in [0.2, 0.25) is 0 Å². The van der Waals surface area contributed by atoms with Gasteiger partial charge in [-0.2, -0.15) is 5.10 Å². The number of esters is 1. The number of nitrogen functional groups attached to an aromatic ring is 1. The molecule has 1 aromatic heterocycles. The van der Waals surface area contributed by atoms with E-state index in [0.29, 0.717) is 5.56 Å². The number of hydrogen-bond donors (Lipinski definition) is 1. The zero-order valence-electron chi connectivity index (χ0n) is 11.6. The molecule has 106 valence electrons. The minimum Gasteiger partial charge on any atom is -0.456 e. The molecule has 0 unspecified atom stereocenters. The molecule has 6 heteroatoms. The molecule has 0 aliphatic rings. The highest BCUT2D eigenvalue weighted by atomic mass is 19.1. The fourth-order valence-corrected chi connectivity index (χ4v) is 1.84. The number of halogens is 1. The predicted octanol–water partition coefficient (Wildman–Crippen LogP) is 2.12. The maximum absolute atomic E-state index is 13.5. The molecule has 2 N–H and O–H groups in total. The molecular weight excluding hydrogens is 261 g/mol. The zero-order chi connectivity index (χ0) is 14.9. The van der Waals surface area contributed by atoms with E-state index in [1.54, 1.807) is 18.7 Å². The van der Waals surface area contributed by atoms with Crippen LogP contribution >= 0.6 is 0 Å². The van der Waals surface area contributed by atoms with Crippen molar-refractivity contribution >= 4 is 11.7 Å². The topological polar surface area (TPSA) is 70.1 Å². The molecular formula is C14H16FN3O2. The van der Waals surface area contributed by atoms with Crippen molar-refractivity contribution in [1.82, 2.24) is 9.78 Å². The number of aryl methyl sites for hydroxylation is 2. The number of aromatic nitrogens is 2. The first-order valence-electron chi connectivity index (χ1n) is 6.10. The maximum atomic E-state index is 13.5. The van der Waals surface area contributed by atoms with E-state index >= 15 is 0 Å². The van der Waals surface area contributed by atoms with Crippen molar-refractivity contribution < 1.29 is 13.9 Å². The SMILES string of the molecule is Cc1cc(COC(=O)c2cc(N)c(C)c(F)c2)n(C)n1. The van der Waals surface area contributed by atoms with Gasteiger partial charge in [-0.25, -0.2) is 9.18 Å². The summed E-state index contributed by atoms with van der Waals surface area (Å²) in [6.45, 7) is 3.48. The monoisotopic (exact) mass is 277 g/mol. The van der Waals surface area contributed by atoms with E-state index in [4.69, 9.17) is 10.5 Å². The molecule has 0 amide bonds. The van der Waals surface area contributed by atoms with Crippen molar-refractivity contribution in [2.45, 2.75) is 20.5 Å². The summed E-state index contributed by atoms with van der Waals surface area (Å²) in [4.78, 5) is 11.9. The second-order valence-corrected chi connectivity index (χ2v) is 4.65. The van der Waals surface area contributed by atoms with Crippen LogP contribution in [0.4, 0.5) is 10.1 Å². The van der Waals surface area contributed by atoms with Crippen LogP contribution in [-0.2, 0) is 18.4 Å². The van der Waals surface area contributed by atoms with Gasteiger partial charge in [0.05, 0.1) is 17.0 Å². The maximum Gasteiger partial charge on any atom is 0.338 e. The molecule has 0 spiro atoms. The molecule has 0 saturated carbocycles. The predicted molar refractivity (Wildman–Crippen MR) is 72.6 cm³/mol. The van der Waals surface area contributed by atoms with Gasteiger partial charge in [0, 0.05) is 18.3 Å². The van der Waals surface area contributed by atoms with Crippen molar-refractivity contribution in [3.05, 3.63) is 46.5 Å². The lowest BCUT2D eigenvalue weighted by Gasteiger charge is -2.07. The Labute approximate surface area is 116 Å². The Kier molecular flexibility index (Phi) is 3.74. The Hall–Kier alpha value is -2.37. The van der Waals surface area contributed by atoms with Crippen LogP contribution in [0.1, 0.15) is 27.3 Å². The van der Waals surface area contributed by atoms with E-state index < -0.39 is 11.8 Å². The number of carbonyl (C=O) groups is 1. The lowest BCUT2D eigenvalue weighted by Crippen LogP contribution is -2.09. The van der Waals surface area contributed by atoms with E-state index in [0.717, 1.165) is 17.5 Å². The highest BCUT2D eigenvalue weighted by molar-refractivity contribution is 5.90. The first-order chi connectivity index (χ1) is 9.38. The summed E-state index contributed by atoms with van der Waals surface area (Å²) in [6, 6.07) is 4.36. The average Bonchev–Trinajstić information content (AvgIpc) is 2.70. The Bertz CT molecular complexity index is 641. The number of hydrogen-bond acceptors (Lipinski definition) is 4. The molecule has 2 aromatic rings. The summed E-state index contributed by atoms with van der Waals surface area (Å²) in [6.07, 6.45) is 0. The van der Waals surface area contributed by atoms with Crippen LogP contribution in [-0.4, -0.2) is 15.7 Å². The van der Waals surface area contributed by atoms with E-state index in [9.17, 15) is 9.18 Å². The van der Waals surface area contributed by atoms with Gasteiger partial charge >= 0.3 is 5.97 Å². The second-order valence-electron chi connectivity index (χ2n) is 4.65. The van der Waals surface area contributed by atoms with Crippen LogP contribution in [0, 0.1) is 19.7 Å². The molecule has 0 fully saturated rings. The van der Waals surface area contributed by atoms with Gasteiger partial charge in [-0.15, -0.1) is 0 Å². The average molecular weight is 277 g/mol. The first-order valence-corrected chi connectivity index (χ1v) is 6.10. The van der Waals surface area contributed by atoms with Crippen molar-refractivity contribution in [3.63, 3.8) is 0 Å². The third-order valence-electron chi connectivity index (χ3n) is 3.07. The van der Waals surface area contributed by atoms with Gasteiger partial charge in [0.15, 0.2) is 0 Å². The zero-order valence-corrected chi connectivity index (χ0v) is 11.6. The molecule has 5 nitrogen and oxygen atoms in total. The van der Waals surface area contributed by atoms with Gasteiger partial charge in [-0.1, -0.05) is 0 Å². The summed E-state index contributed by atoms with van der Waals surface area (Å²) in [5, 5.41) is 4.15. The van der Waals surface area contributed by atoms with Crippen LogP contribution in [0.15, 0.2) is 18.2 Å². The molecule has 1 heterocycles. The molecule has 0 bridgehead atoms. The molecule has 20 heavy (non-hydrogen) atoms. The largest absolute Gasteiger partial charge is 0.456 e. The van der Waals surface area contributed by atoms with Gasteiger partial charge < -0.3 is 10.5 Å². The highest BCUT2D eigenvalue weighted by Gasteiger charge is 2.13. The van der Waals surface area contributed by atoms with Crippen molar-refractivity contribution in [3.8, 4) is 0 Å². The summed E-state index contributed by atoms with van der Waals surface area (Å²) in [5.74, 6) is -1.14. The second kappa shape index (κ2) is 5.32. The highest BCUT2D eigenvalue weighted by Crippen LogP contribution is 2.18. The summed E-state index contributed by atoms with van der Waals surface area (Å²) in [5.41, 5.74) is 7.88.